The molecule has 1 heterocycles. The second kappa shape index (κ2) is 2.75. The molecule has 0 saturated heterocycles. The number of para-hydroxylation sites is 1. The highest BCUT2D eigenvalue weighted by molar-refractivity contribution is 5.58. The van der Waals surface area contributed by atoms with Gasteiger partial charge in [-0.25, -0.2) is 0 Å². The summed E-state index contributed by atoms with van der Waals surface area (Å²) in [4.78, 5) is 0. The molecule has 0 saturated carbocycles. The molecule has 76 valence electrons. The van der Waals surface area contributed by atoms with Crippen molar-refractivity contribution in [1.29, 1.82) is 0 Å². The van der Waals surface area contributed by atoms with Gasteiger partial charge in [-0.3, -0.25) is 0 Å². The lowest BCUT2D eigenvalue weighted by Gasteiger charge is -2.43. The molecular weight excluding hydrogens is 170 g/mol. The van der Waals surface area contributed by atoms with E-state index >= 15 is 0 Å². The Morgan fingerprint density at radius 3 is 2.43 bits per heavy atom. The Kier molecular flexibility index (Phi) is 1.88. The molecule has 1 nitrogen and oxygen atoms in total. The summed E-state index contributed by atoms with van der Waals surface area (Å²) in [5.41, 5.74) is 3.23. The zero-order valence-corrected chi connectivity index (χ0v) is 9.52. The first-order valence-corrected chi connectivity index (χ1v) is 5.28. The predicted octanol–water partition coefficient (Wildman–Crippen LogP) is 3.56. The van der Waals surface area contributed by atoms with Crippen molar-refractivity contribution in [2.24, 2.45) is 0 Å². The summed E-state index contributed by atoms with van der Waals surface area (Å²) in [6.07, 6.45) is 1.18. The van der Waals surface area contributed by atoms with Gasteiger partial charge in [0.25, 0.3) is 0 Å². The lowest BCUT2D eigenvalue weighted by atomic mass is 9.71. The van der Waals surface area contributed by atoms with Crippen molar-refractivity contribution in [3.8, 4) is 0 Å². The number of rotatable bonds is 0. The van der Waals surface area contributed by atoms with Crippen LogP contribution in [0.2, 0.25) is 0 Å². The summed E-state index contributed by atoms with van der Waals surface area (Å²) in [6.45, 7) is 9.19. The molecule has 0 atom stereocenters. The molecule has 0 unspecified atom stereocenters. The van der Waals surface area contributed by atoms with Crippen molar-refractivity contribution in [3.63, 3.8) is 0 Å². The highest BCUT2D eigenvalue weighted by Crippen LogP contribution is 2.42. The maximum atomic E-state index is 3.59. The Labute approximate surface area is 86.5 Å². The van der Waals surface area contributed by atoms with Crippen LogP contribution in [-0.2, 0) is 5.41 Å². The first-order valence-electron chi connectivity index (χ1n) is 5.28. The minimum atomic E-state index is 0.206. The quantitative estimate of drug-likeness (QED) is 0.658. The van der Waals surface area contributed by atoms with Gasteiger partial charge in [0.15, 0.2) is 0 Å². The molecule has 1 N–H and O–H groups in total. The molecule has 1 aliphatic heterocycles. The maximum Gasteiger partial charge on any atom is 0.0382 e. The van der Waals surface area contributed by atoms with E-state index in [1.54, 1.807) is 0 Å². The molecule has 2 rings (SSSR count). The van der Waals surface area contributed by atoms with Crippen LogP contribution in [0, 0.1) is 0 Å². The Balaban J connectivity index is 2.52. The van der Waals surface area contributed by atoms with Crippen molar-refractivity contribution < 1.29 is 0 Å². The Bertz CT molecular complexity index is 350. The standard InChI is InChI=1S/C13H19N/c1-12(2)9-13(3,4)14-11-8-6-5-7-10(11)12/h5-8,14H,9H2,1-4H3. The summed E-state index contributed by atoms with van der Waals surface area (Å²) in [5, 5.41) is 3.59. The molecule has 0 spiro atoms. The van der Waals surface area contributed by atoms with Gasteiger partial charge >= 0.3 is 0 Å². The van der Waals surface area contributed by atoms with Crippen molar-refractivity contribution in [1.82, 2.24) is 0 Å². The van der Waals surface area contributed by atoms with E-state index in [-0.39, 0.29) is 11.0 Å². The van der Waals surface area contributed by atoms with Crippen LogP contribution in [0.15, 0.2) is 24.3 Å². The maximum absolute atomic E-state index is 3.59. The molecule has 0 amide bonds. The van der Waals surface area contributed by atoms with Crippen LogP contribution < -0.4 is 5.32 Å². The van der Waals surface area contributed by atoms with Gasteiger partial charge in [0.1, 0.15) is 0 Å². The minimum Gasteiger partial charge on any atom is -0.380 e. The third-order valence-corrected chi connectivity index (χ3v) is 3.01. The lowest BCUT2D eigenvalue weighted by Crippen LogP contribution is -2.43. The van der Waals surface area contributed by atoms with Gasteiger partial charge in [-0.15, -0.1) is 0 Å². The average Bonchev–Trinajstić information content (AvgIpc) is 2.00. The van der Waals surface area contributed by atoms with Crippen LogP contribution in [0.3, 0.4) is 0 Å². The van der Waals surface area contributed by atoms with Gasteiger partial charge in [0.2, 0.25) is 0 Å². The fourth-order valence-corrected chi connectivity index (χ4v) is 2.79. The molecule has 1 aliphatic rings. The highest BCUT2D eigenvalue weighted by Gasteiger charge is 2.36. The molecule has 0 aromatic heterocycles. The topological polar surface area (TPSA) is 12.0 Å². The summed E-state index contributed by atoms with van der Waals surface area (Å²) in [6, 6.07) is 8.64. The number of hydrogen-bond acceptors (Lipinski definition) is 1. The summed E-state index contributed by atoms with van der Waals surface area (Å²) >= 11 is 0. The second-order valence-electron chi connectivity index (χ2n) is 5.62. The number of nitrogens with one attached hydrogen (secondary N) is 1. The van der Waals surface area contributed by atoms with Crippen LogP contribution in [-0.4, -0.2) is 5.54 Å². The van der Waals surface area contributed by atoms with Crippen molar-refractivity contribution >= 4 is 5.69 Å². The van der Waals surface area contributed by atoms with Gasteiger partial charge in [0, 0.05) is 11.2 Å². The van der Waals surface area contributed by atoms with Crippen LogP contribution in [0.25, 0.3) is 0 Å². The summed E-state index contributed by atoms with van der Waals surface area (Å²) in [5.74, 6) is 0. The molecule has 0 bridgehead atoms. The molecule has 1 aromatic carbocycles. The van der Waals surface area contributed by atoms with Gasteiger partial charge in [0.05, 0.1) is 0 Å². The smallest absolute Gasteiger partial charge is 0.0382 e. The first kappa shape index (κ1) is 9.57. The van der Waals surface area contributed by atoms with E-state index in [0.717, 1.165) is 0 Å². The SMILES string of the molecule is CC1(C)CC(C)(C)c2ccccc2N1. The fraction of sp³-hybridized carbons (Fsp3) is 0.538. The van der Waals surface area contributed by atoms with Crippen LogP contribution in [0.1, 0.15) is 39.7 Å². The van der Waals surface area contributed by atoms with E-state index in [2.05, 4.69) is 57.3 Å². The third kappa shape index (κ3) is 1.52. The zero-order valence-electron chi connectivity index (χ0n) is 9.52. The molecule has 1 aromatic rings. The molecule has 0 aliphatic carbocycles. The monoisotopic (exact) mass is 189 g/mol. The molecule has 0 radical (unpaired) electrons. The van der Waals surface area contributed by atoms with Gasteiger partial charge in [-0.1, -0.05) is 32.0 Å². The molecule has 1 heteroatoms. The molecule has 0 fully saturated rings. The predicted molar refractivity (Wildman–Crippen MR) is 61.8 cm³/mol. The number of hydrogen-bond donors (Lipinski definition) is 1. The van der Waals surface area contributed by atoms with Gasteiger partial charge < -0.3 is 5.32 Å². The fourth-order valence-electron chi connectivity index (χ4n) is 2.79. The number of benzene rings is 1. The molecule has 14 heavy (non-hydrogen) atoms. The van der Waals surface area contributed by atoms with E-state index in [4.69, 9.17) is 0 Å². The van der Waals surface area contributed by atoms with Crippen LogP contribution in [0.5, 0.6) is 0 Å². The van der Waals surface area contributed by atoms with Crippen LogP contribution in [0.4, 0.5) is 5.69 Å². The van der Waals surface area contributed by atoms with E-state index in [1.807, 2.05) is 0 Å². The van der Waals surface area contributed by atoms with Crippen molar-refractivity contribution in [3.05, 3.63) is 29.8 Å². The highest BCUT2D eigenvalue weighted by atomic mass is 15.0. The minimum absolute atomic E-state index is 0.206. The second-order valence-corrected chi connectivity index (χ2v) is 5.62. The Hall–Kier alpha value is -0.980. The largest absolute Gasteiger partial charge is 0.380 e. The number of fused-ring (bicyclic) bond motifs is 1. The Morgan fingerprint density at radius 1 is 1.07 bits per heavy atom. The van der Waals surface area contributed by atoms with Crippen molar-refractivity contribution in [2.75, 3.05) is 5.32 Å². The van der Waals surface area contributed by atoms with E-state index < -0.39 is 0 Å². The lowest BCUT2D eigenvalue weighted by molar-refractivity contribution is 0.355. The Morgan fingerprint density at radius 2 is 1.71 bits per heavy atom. The number of anilines is 1. The average molecular weight is 189 g/mol. The molecular formula is C13H19N. The summed E-state index contributed by atoms with van der Waals surface area (Å²) in [7, 11) is 0. The van der Waals surface area contributed by atoms with Crippen molar-refractivity contribution in [2.45, 2.75) is 45.1 Å². The van der Waals surface area contributed by atoms with Gasteiger partial charge in [-0.05, 0) is 37.3 Å². The van der Waals surface area contributed by atoms with E-state index in [1.165, 1.54) is 17.7 Å². The van der Waals surface area contributed by atoms with Gasteiger partial charge in [-0.2, -0.15) is 0 Å². The van der Waals surface area contributed by atoms with E-state index in [9.17, 15) is 0 Å². The summed E-state index contributed by atoms with van der Waals surface area (Å²) < 4.78 is 0. The normalized spacial score (nSPS) is 22.3. The first-order chi connectivity index (χ1) is 6.41. The third-order valence-electron chi connectivity index (χ3n) is 3.01. The zero-order chi connectivity index (χ0) is 10.4. The van der Waals surface area contributed by atoms with Crippen LogP contribution >= 0.6 is 0 Å². The van der Waals surface area contributed by atoms with E-state index in [0.29, 0.717) is 0 Å².